The highest BCUT2D eigenvalue weighted by Gasteiger charge is 2.26. The van der Waals surface area contributed by atoms with Crippen LogP contribution in [0.15, 0.2) is 0 Å². The van der Waals surface area contributed by atoms with Gasteiger partial charge >= 0.3 is 0 Å². The van der Waals surface area contributed by atoms with Gasteiger partial charge in [-0.2, -0.15) is 5.10 Å². The molecule has 120 valence electrons. The van der Waals surface area contributed by atoms with E-state index >= 15 is 0 Å². The molecule has 0 bridgehead atoms. The number of aromatic nitrogens is 2. The Kier molecular flexibility index (Phi) is 5.31. The smallest absolute Gasteiger partial charge is 0.130 e. The van der Waals surface area contributed by atoms with Gasteiger partial charge in [0.2, 0.25) is 0 Å². The summed E-state index contributed by atoms with van der Waals surface area (Å²) in [6.07, 6.45) is 7.21. The normalized spacial score (nSPS) is 24.1. The fourth-order valence-electron chi connectivity index (χ4n) is 3.58. The summed E-state index contributed by atoms with van der Waals surface area (Å²) >= 11 is 0. The van der Waals surface area contributed by atoms with Crippen molar-refractivity contribution in [1.29, 1.82) is 0 Å². The first-order chi connectivity index (χ1) is 9.93. The molecule has 1 saturated carbocycles. The Morgan fingerprint density at radius 2 is 1.95 bits per heavy atom. The first kappa shape index (κ1) is 16.3. The van der Waals surface area contributed by atoms with E-state index in [0.29, 0.717) is 6.04 Å². The van der Waals surface area contributed by atoms with Crippen molar-refractivity contribution in [3.63, 3.8) is 0 Å². The molecule has 1 fully saturated rings. The van der Waals surface area contributed by atoms with Crippen molar-refractivity contribution >= 4 is 5.82 Å². The lowest BCUT2D eigenvalue weighted by Crippen LogP contribution is -2.37. The van der Waals surface area contributed by atoms with Gasteiger partial charge < -0.3 is 10.6 Å². The molecular weight excluding hydrogens is 260 g/mol. The molecule has 1 aromatic heterocycles. The molecule has 2 rings (SSSR count). The zero-order valence-corrected chi connectivity index (χ0v) is 14.4. The van der Waals surface area contributed by atoms with Crippen LogP contribution in [0.2, 0.25) is 0 Å². The SMILES string of the molecule is CCC(N)Cc1c(C)nn(C)c1N(C)C1CCC(C)CC1. The Hall–Kier alpha value is -1.03. The average molecular weight is 292 g/mol. The second-order valence-corrected chi connectivity index (χ2v) is 6.91. The molecule has 1 aliphatic rings. The van der Waals surface area contributed by atoms with Crippen LogP contribution in [-0.2, 0) is 13.5 Å². The maximum atomic E-state index is 6.19. The molecular formula is C17H32N4. The summed E-state index contributed by atoms with van der Waals surface area (Å²) in [5.41, 5.74) is 8.67. The van der Waals surface area contributed by atoms with Crippen LogP contribution >= 0.6 is 0 Å². The highest BCUT2D eigenvalue weighted by molar-refractivity contribution is 5.51. The maximum absolute atomic E-state index is 6.19. The molecule has 1 unspecified atom stereocenters. The number of anilines is 1. The molecule has 1 atom stereocenters. The number of nitrogens with zero attached hydrogens (tertiary/aromatic N) is 3. The lowest BCUT2D eigenvalue weighted by Gasteiger charge is -2.35. The van der Waals surface area contributed by atoms with E-state index in [1.165, 1.54) is 37.1 Å². The molecule has 0 amide bonds. The fraction of sp³-hybridized carbons (Fsp3) is 0.824. The standard InChI is InChI=1S/C17H32N4/c1-6-14(18)11-16-13(3)19-21(5)17(16)20(4)15-9-7-12(2)8-10-15/h12,14-15H,6-11,18H2,1-5H3. The summed E-state index contributed by atoms with van der Waals surface area (Å²) in [7, 11) is 4.29. The third-order valence-electron chi connectivity index (χ3n) is 5.17. The van der Waals surface area contributed by atoms with E-state index in [9.17, 15) is 0 Å². The molecule has 21 heavy (non-hydrogen) atoms. The Morgan fingerprint density at radius 3 is 2.52 bits per heavy atom. The molecule has 2 N–H and O–H groups in total. The topological polar surface area (TPSA) is 47.1 Å². The number of hydrogen-bond acceptors (Lipinski definition) is 3. The van der Waals surface area contributed by atoms with Crippen LogP contribution in [0.5, 0.6) is 0 Å². The quantitative estimate of drug-likeness (QED) is 0.907. The fourth-order valence-corrected chi connectivity index (χ4v) is 3.58. The van der Waals surface area contributed by atoms with Crippen molar-refractivity contribution in [3.05, 3.63) is 11.3 Å². The highest BCUT2D eigenvalue weighted by Crippen LogP contribution is 2.32. The molecule has 0 aliphatic heterocycles. The summed E-state index contributed by atoms with van der Waals surface area (Å²) in [5, 5.41) is 4.65. The van der Waals surface area contributed by atoms with Gasteiger partial charge in [-0.05, 0) is 51.4 Å². The predicted octanol–water partition coefficient (Wildman–Crippen LogP) is 3.02. The lowest BCUT2D eigenvalue weighted by atomic mass is 9.86. The number of rotatable bonds is 5. The van der Waals surface area contributed by atoms with Crippen molar-refractivity contribution in [2.75, 3.05) is 11.9 Å². The Labute approximate surface area is 129 Å². The van der Waals surface area contributed by atoms with Gasteiger partial charge in [-0.25, -0.2) is 0 Å². The molecule has 1 aliphatic carbocycles. The molecule has 0 aromatic carbocycles. The van der Waals surface area contributed by atoms with E-state index in [0.717, 1.165) is 24.5 Å². The van der Waals surface area contributed by atoms with Crippen molar-refractivity contribution in [3.8, 4) is 0 Å². The maximum Gasteiger partial charge on any atom is 0.130 e. The molecule has 1 heterocycles. The van der Waals surface area contributed by atoms with E-state index in [2.05, 4.69) is 44.9 Å². The van der Waals surface area contributed by atoms with Crippen LogP contribution in [0.3, 0.4) is 0 Å². The minimum absolute atomic E-state index is 0.228. The zero-order chi connectivity index (χ0) is 15.6. The van der Waals surface area contributed by atoms with Crippen molar-refractivity contribution < 1.29 is 0 Å². The summed E-state index contributed by atoms with van der Waals surface area (Å²) < 4.78 is 2.05. The zero-order valence-electron chi connectivity index (χ0n) is 14.4. The molecule has 1 aromatic rings. The number of hydrogen-bond donors (Lipinski definition) is 1. The summed E-state index contributed by atoms with van der Waals surface area (Å²) in [6.45, 7) is 6.64. The molecule has 0 spiro atoms. The molecule has 0 radical (unpaired) electrons. The van der Waals surface area contributed by atoms with Crippen LogP contribution in [0.4, 0.5) is 5.82 Å². The number of aryl methyl sites for hydroxylation is 2. The highest BCUT2D eigenvalue weighted by atomic mass is 15.4. The van der Waals surface area contributed by atoms with Crippen molar-refractivity contribution in [1.82, 2.24) is 9.78 Å². The van der Waals surface area contributed by atoms with E-state index in [-0.39, 0.29) is 6.04 Å². The van der Waals surface area contributed by atoms with Crippen molar-refractivity contribution in [2.24, 2.45) is 18.7 Å². The predicted molar refractivity (Wildman–Crippen MR) is 89.7 cm³/mol. The van der Waals surface area contributed by atoms with E-state index < -0.39 is 0 Å². The van der Waals surface area contributed by atoms with E-state index in [4.69, 9.17) is 5.73 Å². The van der Waals surface area contributed by atoms with Gasteiger partial charge in [0, 0.05) is 31.7 Å². The van der Waals surface area contributed by atoms with Gasteiger partial charge in [-0.15, -0.1) is 0 Å². The van der Waals surface area contributed by atoms with E-state index in [1.54, 1.807) is 0 Å². The van der Waals surface area contributed by atoms with Gasteiger partial charge in [0.05, 0.1) is 5.69 Å². The minimum Gasteiger partial charge on any atom is -0.357 e. The third kappa shape index (κ3) is 3.60. The Balaban J connectivity index is 2.21. The summed E-state index contributed by atoms with van der Waals surface area (Å²) in [5.74, 6) is 2.16. The number of nitrogens with two attached hydrogens (primary N) is 1. The largest absolute Gasteiger partial charge is 0.357 e. The van der Waals surface area contributed by atoms with Crippen LogP contribution in [-0.4, -0.2) is 28.9 Å². The van der Waals surface area contributed by atoms with Crippen LogP contribution in [0.25, 0.3) is 0 Å². The van der Waals surface area contributed by atoms with Crippen LogP contribution in [0.1, 0.15) is 57.2 Å². The van der Waals surface area contributed by atoms with Gasteiger partial charge in [0.1, 0.15) is 5.82 Å². The second-order valence-electron chi connectivity index (χ2n) is 6.91. The average Bonchev–Trinajstić information content (AvgIpc) is 2.73. The minimum atomic E-state index is 0.228. The van der Waals surface area contributed by atoms with Crippen LogP contribution in [0, 0.1) is 12.8 Å². The first-order valence-corrected chi connectivity index (χ1v) is 8.44. The lowest BCUT2D eigenvalue weighted by molar-refractivity contribution is 0.338. The second kappa shape index (κ2) is 6.82. The Morgan fingerprint density at radius 1 is 1.33 bits per heavy atom. The van der Waals surface area contributed by atoms with Crippen LogP contribution < -0.4 is 10.6 Å². The van der Waals surface area contributed by atoms with Gasteiger partial charge in [-0.3, -0.25) is 4.68 Å². The van der Waals surface area contributed by atoms with Gasteiger partial charge in [0.25, 0.3) is 0 Å². The summed E-state index contributed by atoms with van der Waals surface area (Å²) in [4.78, 5) is 2.46. The first-order valence-electron chi connectivity index (χ1n) is 8.44. The third-order valence-corrected chi connectivity index (χ3v) is 5.17. The monoisotopic (exact) mass is 292 g/mol. The van der Waals surface area contributed by atoms with Gasteiger partial charge in [0.15, 0.2) is 0 Å². The van der Waals surface area contributed by atoms with E-state index in [1.807, 2.05) is 4.68 Å². The summed E-state index contributed by atoms with van der Waals surface area (Å²) in [6, 6.07) is 0.874. The van der Waals surface area contributed by atoms with Gasteiger partial charge in [-0.1, -0.05) is 13.8 Å². The molecule has 0 saturated heterocycles. The Bertz CT molecular complexity index is 458. The van der Waals surface area contributed by atoms with Crippen molar-refractivity contribution in [2.45, 2.75) is 71.4 Å². The molecule has 4 nitrogen and oxygen atoms in total. The molecule has 4 heteroatoms.